The maximum Gasteiger partial charge on any atom is 0.134 e. The van der Waals surface area contributed by atoms with Crippen LogP contribution in [-0.2, 0) is 0 Å². The first-order chi connectivity index (χ1) is 6.08. The summed E-state index contributed by atoms with van der Waals surface area (Å²) in [6.45, 7) is 3.91. The normalized spacial score (nSPS) is 12.6. The van der Waals surface area contributed by atoms with Crippen molar-refractivity contribution < 1.29 is 5.11 Å². The van der Waals surface area contributed by atoms with Gasteiger partial charge in [0.1, 0.15) is 16.8 Å². The van der Waals surface area contributed by atoms with E-state index in [0.29, 0.717) is 23.3 Å². The van der Waals surface area contributed by atoms with Crippen molar-refractivity contribution in [2.45, 2.75) is 20.0 Å². The van der Waals surface area contributed by atoms with E-state index in [1.807, 2.05) is 0 Å². The molecule has 1 heterocycles. The zero-order valence-electron chi connectivity index (χ0n) is 7.58. The third-order valence-corrected chi connectivity index (χ3v) is 1.58. The van der Waals surface area contributed by atoms with Gasteiger partial charge in [0, 0.05) is 12.6 Å². The Morgan fingerprint density at radius 2 is 2.31 bits per heavy atom. The molecule has 2 N–H and O–H groups in total. The number of halogens is 1. The summed E-state index contributed by atoms with van der Waals surface area (Å²) in [6.07, 6.45) is -0.408. The van der Waals surface area contributed by atoms with Crippen LogP contribution in [0.4, 0.5) is 5.82 Å². The number of rotatable bonds is 3. The minimum atomic E-state index is -0.408. The molecule has 0 spiro atoms. The first-order valence-electron chi connectivity index (χ1n) is 4.01. The molecule has 0 bridgehead atoms. The predicted octanol–water partition coefficient (Wildman–Crippen LogP) is 1.23. The molecule has 72 valence electrons. The fraction of sp³-hybridized carbons (Fsp3) is 0.500. The number of aryl methyl sites for hydroxylation is 1. The molecule has 4 nitrogen and oxygen atoms in total. The topological polar surface area (TPSA) is 58.0 Å². The van der Waals surface area contributed by atoms with Gasteiger partial charge in [-0.15, -0.1) is 0 Å². The first-order valence-corrected chi connectivity index (χ1v) is 4.39. The standard InChI is InChI=1S/C8H12ClN3O/c1-5(13)4-10-8-3-7(9)11-6(2)12-8/h3,5,13H,4H2,1-2H3,(H,10,11,12)/t5-/m1/s1. The Balaban J connectivity index is 2.66. The van der Waals surface area contributed by atoms with E-state index in [1.165, 1.54) is 0 Å². The molecule has 0 saturated carbocycles. The third kappa shape index (κ3) is 3.57. The van der Waals surface area contributed by atoms with Crippen molar-refractivity contribution >= 4 is 17.4 Å². The fourth-order valence-electron chi connectivity index (χ4n) is 0.874. The first kappa shape index (κ1) is 10.2. The van der Waals surface area contributed by atoms with Gasteiger partial charge >= 0.3 is 0 Å². The van der Waals surface area contributed by atoms with Crippen LogP contribution < -0.4 is 5.32 Å². The molecule has 0 aliphatic carbocycles. The molecule has 0 amide bonds. The van der Waals surface area contributed by atoms with Gasteiger partial charge in [0.05, 0.1) is 6.10 Å². The number of hydrogen-bond acceptors (Lipinski definition) is 4. The summed E-state index contributed by atoms with van der Waals surface area (Å²) >= 11 is 5.71. The lowest BCUT2D eigenvalue weighted by atomic mass is 10.4. The molecule has 1 atom stereocenters. The zero-order valence-corrected chi connectivity index (χ0v) is 8.34. The molecule has 0 aliphatic heterocycles. The molecule has 0 saturated heterocycles. The number of nitrogens with zero attached hydrogens (tertiary/aromatic N) is 2. The van der Waals surface area contributed by atoms with Gasteiger partial charge in [-0.3, -0.25) is 0 Å². The highest BCUT2D eigenvalue weighted by Crippen LogP contribution is 2.10. The molecule has 5 heteroatoms. The molecule has 13 heavy (non-hydrogen) atoms. The minimum absolute atomic E-state index is 0.403. The van der Waals surface area contributed by atoms with Gasteiger partial charge in [-0.1, -0.05) is 11.6 Å². The molecule has 0 aliphatic rings. The molecule has 1 aromatic heterocycles. The Hall–Kier alpha value is -0.870. The quantitative estimate of drug-likeness (QED) is 0.723. The van der Waals surface area contributed by atoms with E-state index in [1.54, 1.807) is 19.9 Å². The highest BCUT2D eigenvalue weighted by atomic mass is 35.5. The number of hydrogen-bond donors (Lipinski definition) is 2. The Morgan fingerprint density at radius 1 is 1.62 bits per heavy atom. The number of anilines is 1. The summed E-state index contributed by atoms with van der Waals surface area (Å²) in [5.74, 6) is 1.25. The Labute approximate surface area is 82.0 Å². The maximum absolute atomic E-state index is 9.01. The fourth-order valence-corrected chi connectivity index (χ4v) is 1.10. The molecule has 1 rings (SSSR count). The zero-order chi connectivity index (χ0) is 9.84. The molecular weight excluding hydrogens is 190 g/mol. The van der Waals surface area contributed by atoms with Crippen LogP contribution in [0.5, 0.6) is 0 Å². The van der Waals surface area contributed by atoms with E-state index >= 15 is 0 Å². The van der Waals surface area contributed by atoms with Crippen molar-refractivity contribution in [2.75, 3.05) is 11.9 Å². The van der Waals surface area contributed by atoms with Gasteiger partial charge in [0.2, 0.25) is 0 Å². The Bertz CT molecular complexity index is 270. The van der Waals surface area contributed by atoms with Gasteiger partial charge in [0.15, 0.2) is 0 Å². The van der Waals surface area contributed by atoms with E-state index < -0.39 is 6.10 Å². The van der Waals surface area contributed by atoms with Crippen LogP contribution in [0.15, 0.2) is 6.07 Å². The second-order valence-electron chi connectivity index (χ2n) is 2.85. The molecular formula is C8H12ClN3O. The monoisotopic (exact) mass is 201 g/mol. The van der Waals surface area contributed by atoms with Crippen LogP contribution in [0.3, 0.4) is 0 Å². The van der Waals surface area contributed by atoms with Crippen LogP contribution in [0.2, 0.25) is 5.15 Å². The van der Waals surface area contributed by atoms with Crippen molar-refractivity contribution in [3.8, 4) is 0 Å². The summed E-state index contributed by atoms with van der Waals surface area (Å²) < 4.78 is 0. The van der Waals surface area contributed by atoms with Gasteiger partial charge in [-0.05, 0) is 13.8 Å². The lowest BCUT2D eigenvalue weighted by Crippen LogP contribution is -2.16. The Kier molecular flexibility index (Phi) is 3.45. The Morgan fingerprint density at radius 3 is 2.85 bits per heavy atom. The summed E-state index contributed by atoms with van der Waals surface area (Å²) in [4.78, 5) is 8.00. The highest BCUT2D eigenvalue weighted by molar-refractivity contribution is 6.29. The molecule has 0 fully saturated rings. The average Bonchev–Trinajstić information content (AvgIpc) is 1.99. The summed E-state index contributed by atoms with van der Waals surface area (Å²) in [5, 5.41) is 12.4. The van der Waals surface area contributed by atoms with Crippen LogP contribution >= 0.6 is 11.6 Å². The molecule has 0 aromatic carbocycles. The van der Waals surface area contributed by atoms with Crippen LogP contribution in [-0.4, -0.2) is 27.7 Å². The average molecular weight is 202 g/mol. The van der Waals surface area contributed by atoms with Crippen molar-refractivity contribution in [1.82, 2.24) is 9.97 Å². The van der Waals surface area contributed by atoms with Gasteiger partial charge < -0.3 is 10.4 Å². The number of aromatic nitrogens is 2. The van der Waals surface area contributed by atoms with Crippen molar-refractivity contribution in [3.63, 3.8) is 0 Å². The smallest absolute Gasteiger partial charge is 0.134 e. The van der Waals surface area contributed by atoms with E-state index in [4.69, 9.17) is 16.7 Å². The minimum Gasteiger partial charge on any atom is -0.392 e. The van der Waals surface area contributed by atoms with E-state index in [2.05, 4.69) is 15.3 Å². The molecule has 0 radical (unpaired) electrons. The second kappa shape index (κ2) is 4.39. The second-order valence-corrected chi connectivity index (χ2v) is 3.24. The van der Waals surface area contributed by atoms with E-state index in [9.17, 15) is 0 Å². The number of aliphatic hydroxyl groups is 1. The van der Waals surface area contributed by atoms with Gasteiger partial charge in [-0.25, -0.2) is 9.97 Å². The lowest BCUT2D eigenvalue weighted by Gasteiger charge is -2.07. The van der Waals surface area contributed by atoms with Gasteiger partial charge in [0.25, 0.3) is 0 Å². The van der Waals surface area contributed by atoms with Crippen LogP contribution in [0, 0.1) is 6.92 Å². The number of aliphatic hydroxyl groups excluding tert-OH is 1. The van der Waals surface area contributed by atoms with E-state index in [0.717, 1.165) is 0 Å². The van der Waals surface area contributed by atoms with Crippen molar-refractivity contribution in [2.24, 2.45) is 0 Å². The maximum atomic E-state index is 9.01. The summed E-state index contributed by atoms with van der Waals surface area (Å²) in [5.41, 5.74) is 0. The van der Waals surface area contributed by atoms with Crippen LogP contribution in [0.1, 0.15) is 12.7 Å². The molecule has 1 aromatic rings. The van der Waals surface area contributed by atoms with Crippen molar-refractivity contribution in [3.05, 3.63) is 17.0 Å². The molecule has 0 unspecified atom stereocenters. The predicted molar refractivity (Wildman–Crippen MR) is 51.9 cm³/mol. The van der Waals surface area contributed by atoms with E-state index in [-0.39, 0.29) is 0 Å². The third-order valence-electron chi connectivity index (χ3n) is 1.39. The largest absolute Gasteiger partial charge is 0.392 e. The SMILES string of the molecule is Cc1nc(Cl)cc(NC[C@@H](C)O)n1. The van der Waals surface area contributed by atoms with Gasteiger partial charge in [-0.2, -0.15) is 0 Å². The van der Waals surface area contributed by atoms with Crippen molar-refractivity contribution in [1.29, 1.82) is 0 Å². The number of nitrogens with one attached hydrogen (secondary N) is 1. The summed E-state index contributed by atoms with van der Waals surface area (Å²) in [7, 11) is 0. The lowest BCUT2D eigenvalue weighted by molar-refractivity contribution is 0.208. The summed E-state index contributed by atoms with van der Waals surface area (Å²) in [6, 6.07) is 1.62. The van der Waals surface area contributed by atoms with Crippen LogP contribution in [0.25, 0.3) is 0 Å². The highest BCUT2D eigenvalue weighted by Gasteiger charge is 2.00.